The van der Waals surface area contributed by atoms with E-state index in [2.05, 4.69) is 11.5 Å². The highest BCUT2D eigenvalue weighted by Gasteiger charge is 2.09. The first-order valence-electron chi connectivity index (χ1n) is 5.99. The number of ether oxygens (including phenoxy) is 2. The van der Waals surface area contributed by atoms with Crippen LogP contribution < -0.4 is 0 Å². The molecule has 1 aliphatic rings. The van der Waals surface area contributed by atoms with Crippen molar-refractivity contribution >= 4 is 5.97 Å². The molecular formula is C12H21NO4. The molecule has 5 nitrogen and oxygen atoms in total. The van der Waals surface area contributed by atoms with E-state index in [1.807, 2.05) is 0 Å². The zero-order chi connectivity index (χ0) is 12.5. The number of hydrogen-bond acceptors (Lipinski definition) is 4. The van der Waals surface area contributed by atoms with Gasteiger partial charge in [0, 0.05) is 31.8 Å². The summed E-state index contributed by atoms with van der Waals surface area (Å²) in [6.45, 7) is 9.23. The van der Waals surface area contributed by atoms with Crippen molar-refractivity contribution in [3.63, 3.8) is 0 Å². The molecule has 5 heteroatoms. The lowest BCUT2D eigenvalue weighted by atomic mass is 10.2. The van der Waals surface area contributed by atoms with E-state index in [4.69, 9.17) is 14.6 Å². The topological polar surface area (TPSA) is 59.0 Å². The Kier molecular flexibility index (Phi) is 6.84. The molecule has 0 aliphatic carbocycles. The average Bonchev–Trinajstić information content (AvgIpc) is 2.34. The summed E-state index contributed by atoms with van der Waals surface area (Å²) in [6, 6.07) is 0. The van der Waals surface area contributed by atoms with Crippen LogP contribution in [0.4, 0.5) is 0 Å². The van der Waals surface area contributed by atoms with E-state index in [0.29, 0.717) is 26.1 Å². The lowest BCUT2D eigenvalue weighted by molar-refractivity contribution is -0.132. The maximum absolute atomic E-state index is 10.5. The van der Waals surface area contributed by atoms with Crippen molar-refractivity contribution in [2.45, 2.75) is 12.8 Å². The Hall–Kier alpha value is -0.910. The molecule has 0 amide bonds. The molecule has 0 radical (unpaired) electrons. The minimum atomic E-state index is -0.918. The van der Waals surface area contributed by atoms with Crippen molar-refractivity contribution in [3.8, 4) is 0 Å². The van der Waals surface area contributed by atoms with E-state index < -0.39 is 5.97 Å². The van der Waals surface area contributed by atoms with Gasteiger partial charge in [-0.15, -0.1) is 0 Å². The predicted octanol–water partition coefficient (Wildman–Crippen LogP) is 0.756. The Morgan fingerprint density at radius 1 is 1.35 bits per heavy atom. The number of carboxylic acid groups (broad SMARTS) is 1. The first-order chi connectivity index (χ1) is 8.20. The third-order valence-electron chi connectivity index (χ3n) is 2.73. The SMILES string of the molecule is C=C(CCCOCCN1CCOCC1)C(=O)O. The molecule has 0 aromatic carbocycles. The van der Waals surface area contributed by atoms with Crippen LogP contribution in [0.15, 0.2) is 12.2 Å². The molecule has 1 N–H and O–H groups in total. The predicted molar refractivity (Wildman–Crippen MR) is 64.1 cm³/mol. The fourth-order valence-corrected chi connectivity index (χ4v) is 1.62. The highest BCUT2D eigenvalue weighted by Crippen LogP contribution is 2.02. The second-order valence-corrected chi connectivity index (χ2v) is 4.08. The van der Waals surface area contributed by atoms with Crippen LogP contribution in [0.2, 0.25) is 0 Å². The van der Waals surface area contributed by atoms with E-state index in [1.54, 1.807) is 0 Å². The van der Waals surface area contributed by atoms with Crippen molar-refractivity contribution in [1.82, 2.24) is 4.90 Å². The van der Waals surface area contributed by atoms with Gasteiger partial charge in [-0.25, -0.2) is 4.79 Å². The van der Waals surface area contributed by atoms with Crippen LogP contribution >= 0.6 is 0 Å². The number of hydrogen-bond donors (Lipinski definition) is 1. The summed E-state index contributed by atoms with van der Waals surface area (Å²) < 4.78 is 10.7. The molecule has 0 aromatic heterocycles. The fourth-order valence-electron chi connectivity index (χ4n) is 1.62. The Morgan fingerprint density at radius 2 is 2.06 bits per heavy atom. The van der Waals surface area contributed by atoms with E-state index in [0.717, 1.165) is 32.8 Å². The molecular weight excluding hydrogens is 222 g/mol. The molecule has 98 valence electrons. The lowest BCUT2D eigenvalue weighted by Crippen LogP contribution is -2.38. The summed E-state index contributed by atoms with van der Waals surface area (Å²) in [5.74, 6) is -0.918. The van der Waals surface area contributed by atoms with Gasteiger partial charge in [-0.2, -0.15) is 0 Å². The van der Waals surface area contributed by atoms with E-state index in [9.17, 15) is 4.79 Å². The third kappa shape index (κ3) is 6.41. The number of carbonyl (C=O) groups is 1. The smallest absolute Gasteiger partial charge is 0.330 e. The molecule has 0 unspecified atom stereocenters. The lowest BCUT2D eigenvalue weighted by Gasteiger charge is -2.26. The minimum Gasteiger partial charge on any atom is -0.478 e. The van der Waals surface area contributed by atoms with Gasteiger partial charge in [0.05, 0.1) is 19.8 Å². The molecule has 0 saturated carbocycles. The summed E-state index contributed by atoms with van der Waals surface area (Å²) in [4.78, 5) is 12.8. The Labute approximate surface area is 102 Å². The van der Waals surface area contributed by atoms with Crippen molar-refractivity contribution in [2.24, 2.45) is 0 Å². The van der Waals surface area contributed by atoms with Gasteiger partial charge in [0.1, 0.15) is 0 Å². The van der Waals surface area contributed by atoms with Gasteiger partial charge in [0.15, 0.2) is 0 Å². The minimum absolute atomic E-state index is 0.252. The average molecular weight is 243 g/mol. The molecule has 1 heterocycles. The van der Waals surface area contributed by atoms with E-state index in [-0.39, 0.29) is 5.57 Å². The second kappa shape index (κ2) is 8.22. The molecule has 1 saturated heterocycles. The first-order valence-corrected chi connectivity index (χ1v) is 5.99. The monoisotopic (exact) mass is 243 g/mol. The molecule has 1 aliphatic heterocycles. The normalized spacial score (nSPS) is 16.9. The van der Waals surface area contributed by atoms with Crippen molar-refractivity contribution in [3.05, 3.63) is 12.2 Å². The van der Waals surface area contributed by atoms with Crippen LogP contribution in [0.5, 0.6) is 0 Å². The number of carboxylic acids is 1. The van der Waals surface area contributed by atoms with Crippen molar-refractivity contribution < 1.29 is 19.4 Å². The van der Waals surface area contributed by atoms with Crippen LogP contribution in [0, 0.1) is 0 Å². The van der Waals surface area contributed by atoms with Gasteiger partial charge in [-0.1, -0.05) is 6.58 Å². The highest BCUT2D eigenvalue weighted by atomic mass is 16.5. The molecule has 1 rings (SSSR count). The Bertz CT molecular complexity index is 249. The summed E-state index contributed by atoms with van der Waals surface area (Å²) in [5, 5.41) is 8.60. The molecule has 1 fully saturated rings. The summed E-state index contributed by atoms with van der Waals surface area (Å²) >= 11 is 0. The zero-order valence-electron chi connectivity index (χ0n) is 10.2. The van der Waals surface area contributed by atoms with Crippen molar-refractivity contribution in [2.75, 3.05) is 46.1 Å². The maximum Gasteiger partial charge on any atom is 0.330 e. The molecule has 0 aromatic rings. The standard InChI is InChI=1S/C12H21NO4/c1-11(12(14)15)3-2-7-16-8-4-13-5-9-17-10-6-13/h1-10H2,(H,14,15). The summed E-state index contributed by atoms with van der Waals surface area (Å²) in [7, 11) is 0. The summed E-state index contributed by atoms with van der Waals surface area (Å²) in [6.07, 6.45) is 1.21. The van der Waals surface area contributed by atoms with Gasteiger partial charge >= 0.3 is 5.97 Å². The first kappa shape index (κ1) is 14.2. The molecule has 0 atom stereocenters. The van der Waals surface area contributed by atoms with Crippen LogP contribution in [0.1, 0.15) is 12.8 Å². The third-order valence-corrected chi connectivity index (χ3v) is 2.73. The fraction of sp³-hybridized carbons (Fsp3) is 0.750. The van der Waals surface area contributed by atoms with Crippen LogP contribution in [0.25, 0.3) is 0 Å². The van der Waals surface area contributed by atoms with Crippen molar-refractivity contribution in [1.29, 1.82) is 0 Å². The van der Waals surface area contributed by atoms with Crippen LogP contribution in [0.3, 0.4) is 0 Å². The molecule has 17 heavy (non-hydrogen) atoms. The number of nitrogens with zero attached hydrogens (tertiary/aromatic N) is 1. The largest absolute Gasteiger partial charge is 0.478 e. The van der Waals surface area contributed by atoms with Gasteiger partial charge in [0.25, 0.3) is 0 Å². The number of aliphatic carboxylic acids is 1. The second-order valence-electron chi connectivity index (χ2n) is 4.08. The summed E-state index contributed by atoms with van der Waals surface area (Å²) in [5.41, 5.74) is 0.252. The number of rotatable bonds is 8. The molecule has 0 spiro atoms. The quantitative estimate of drug-likeness (QED) is 0.504. The van der Waals surface area contributed by atoms with E-state index >= 15 is 0 Å². The van der Waals surface area contributed by atoms with Gasteiger partial charge in [-0.05, 0) is 12.8 Å². The van der Waals surface area contributed by atoms with Gasteiger partial charge < -0.3 is 14.6 Å². The molecule has 0 bridgehead atoms. The Morgan fingerprint density at radius 3 is 2.71 bits per heavy atom. The van der Waals surface area contributed by atoms with Crippen LogP contribution in [-0.4, -0.2) is 62.0 Å². The Balaban J connectivity index is 1.90. The van der Waals surface area contributed by atoms with Gasteiger partial charge in [-0.3, -0.25) is 4.90 Å². The highest BCUT2D eigenvalue weighted by molar-refractivity contribution is 5.85. The number of morpholine rings is 1. The van der Waals surface area contributed by atoms with Crippen LogP contribution in [-0.2, 0) is 14.3 Å². The maximum atomic E-state index is 10.5. The van der Waals surface area contributed by atoms with E-state index in [1.165, 1.54) is 0 Å². The zero-order valence-corrected chi connectivity index (χ0v) is 10.2. The van der Waals surface area contributed by atoms with Gasteiger partial charge in [0.2, 0.25) is 0 Å².